The van der Waals surface area contributed by atoms with Crippen LogP contribution in [0.1, 0.15) is 11.1 Å². The molecule has 4 nitrogen and oxygen atoms in total. The van der Waals surface area contributed by atoms with Gasteiger partial charge in [0.1, 0.15) is 0 Å². The number of nitriles is 1. The van der Waals surface area contributed by atoms with Crippen LogP contribution >= 0.6 is 0 Å². The van der Waals surface area contributed by atoms with E-state index in [0.29, 0.717) is 6.07 Å². The molecule has 2 N–H and O–H groups in total. The number of alkyl halides is 3. The highest BCUT2D eigenvalue weighted by molar-refractivity contribution is 7.89. The number of hydrogen-bond donors (Lipinski definition) is 1. The van der Waals surface area contributed by atoms with Crippen LogP contribution < -0.4 is 5.14 Å². The second kappa shape index (κ2) is 4.35. The molecule has 1 aromatic rings. The minimum absolute atomic E-state index is 0.0761. The van der Waals surface area contributed by atoms with Crippen molar-refractivity contribution in [1.29, 1.82) is 5.26 Å². The highest BCUT2D eigenvalue weighted by Crippen LogP contribution is 2.34. The summed E-state index contributed by atoms with van der Waals surface area (Å²) in [5.74, 6) is 0. The maximum atomic E-state index is 12.6. The molecule has 0 saturated heterocycles. The first kappa shape index (κ1) is 13.5. The molecule has 8 heteroatoms. The molecule has 0 aliphatic carbocycles. The highest BCUT2D eigenvalue weighted by Gasteiger charge is 2.36. The van der Waals surface area contributed by atoms with E-state index >= 15 is 0 Å². The summed E-state index contributed by atoms with van der Waals surface area (Å²) in [5.41, 5.74) is -1.28. The fourth-order valence-corrected chi connectivity index (χ4v) is 1.99. The van der Waals surface area contributed by atoms with E-state index < -0.39 is 26.7 Å². The van der Waals surface area contributed by atoms with Crippen molar-refractivity contribution in [1.82, 2.24) is 0 Å². The van der Waals surface area contributed by atoms with E-state index in [-0.39, 0.29) is 12.0 Å². The fraction of sp³-hybridized carbons (Fsp3) is 0.222. The standard InChI is InChI=1S/C9H7F3N2O2S/c10-9(11,12)7-5-6(3-4-13)1-2-8(7)17(14,15)16/h1-2,5H,3H2,(H2,14,15,16). The lowest BCUT2D eigenvalue weighted by Crippen LogP contribution is -2.19. The molecule has 0 atom stereocenters. The van der Waals surface area contributed by atoms with E-state index in [1.54, 1.807) is 6.07 Å². The molecule has 0 amide bonds. The van der Waals surface area contributed by atoms with Crippen LogP contribution in [0.4, 0.5) is 13.2 Å². The van der Waals surface area contributed by atoms with Gasteiger partial charge in [-0.15, -0.1) is 0 Å². The minimum Gasteiger partial charge on any atom is -0.225 e. The molecular weight excluding hydrogens is 257 g/mol. The van der Waals surface area contributed by atoms with Gasteiger partial charge in [0.15, 0.2) is 0 Å². The molecule has 0 heterocycles. The first-order valence-corrected chi connectivity index (χ1v) is 5.81. The second-order valence-corrected chi connectivity index (χ2v) is 4.74. The Labute approximate surface area is 95.5 Å². The van der Waals surface area contributed by atoms with Crippen LogP contribution in [0.3, 0.4) is 0 Å². The molecule has 17 heavy (non-hydrogen) atoms. The zero-order valence-corrected chi connectivity index (χ0v) is 9.14. The summed E-state index contributed by atoms with van der Waals surface area (Å²) in [6, 6.07) is 4.16. The summed E-state index contributed by atoms with van der Waals surface area (Å²) in [6.07, 6.45) is -5.08. The van der Waals surface area contributed by atoms with Crippen molar-refractivity contribution in [3.8, 4) is 6.07 Å². The van der Waals surface area contributed by atoms with Crippen LogP contribution in [-0.2, 0) is 22.6 Å². The average Bonchev–Trinajstić information content (AvgIpc) is 2.15. The Hall–Kier alpha value is -1.59. The Kier molecular flexibility index (Phi) is 3.45. The third kappa shape index (κ3) is 3.18. The normalized spacial score (nSPS) is 12.2. The van der Waals surface area contributed by atoms with Crippen molar-refractivity contribution in [2.45, 2.75) is 17.5 Å². The second-order valence-electron chi connectivity index (χ2n) is 3.21. The molecule has 0 fully saturated rings. The number of benzene rings is 1. The predicted octanol–water partition coefficient (Wildman–Crippen LogP) is 1.42. The molecule has 0 bridgehead atoms. The number of nitrogens with two attached hydrogens (primary N) is 1. The maximum absolute atomic E-state index is 12.6. The summed E-state index contributed by atoms with van der Waals surface area (Å²) in [4.78, 5) is -0.994. The van der Waals surface area contributed by atoms with Crippen LogP contribution in [0.5, 0.6) is 0 Å². The van der Waals surface area contributed by atoms with Gasteiger partial charge < -0.3 is 0 Å². The molecule has 0 radical (unpaired) electrons. The SMILES string of the molecule is N#CCc1ccc(S(N)(=O)=O)c(C(F)(F)F)c1. The number of primary sulfonamides is 1. The van der Waals surface area contributed by atoms with Gasteiger partial charge in [-0.3, -0.25) is 0 Å². The van der Waals surface area contributed by atoms with E-state index in [2.05, 4.69) is 5.14 Å². The summed E-state index contributed by atoms with van der Waals surface area (Å²) in [5, 5.41) is 13.1. The molecule has 1 aromatic carbocycles. The van der Waals surface area contributed by atoms with Crippen molar-refractivity contribution in [2.75, 3.05) is 0 Å². The van der Waals surface area contributed by atoms with Gasteiger partial charge in [-0.25, -0.2) is 13.6 Å². The Morgan fingerprint density at radius 2 is 1.94 bits per heavy atom. The van der Waals surface area contributed by atoms with Crippen molar-refractivity contribution in [2.24, 2.45) is 5.14 Å². The molecule has 0 unspecified atom stereocenters. The van der Waals surface area contributed by atoms with Gasteiger partial charge in [0.05, 0.1) is 22.9 Å². The summed E-state index contributed by atoms with van der Waals surface area (Å²) >= 11 is 0. The third-order valence-electron chi connectivity index (χ3n) is 1.94. The average molecular weight is 264 g/mol. The lowest BCUT2D eigenvalue weighted by molar-refractivity contribution is -0.139. The quantitative estimate of drug-likeness (QED) is 0.876. The minimum atomic E-state index is -4.84. The van der Waals surface area contributed by atoms with Gasteiger partial charge >= 0.3 is 6.18 Å². The maximum Gasteiger partial charge on any atom is 0.417 e. The van der Waals surface area contributed by atoms with Crippen molar-refractivity contribution < 1.29 is 21.6 Å². The Balaban J connectivity index is 3.50. The van der Waals surface area contributed by atoms with Gasteiger partial charge in [0.2, 0.25) is 10.0 Å². The number of halogens is 3. The Morgan fingerprint density at radius 3 is 2.35 bits per heavy atom. The lowest BCUT2D eigenvalue weighted by Gasteiger charge is -2.12. The van der Waals surface area contributed by atoms with Crippen LogP contribution in [-0.4, -0.2) is 8.42 Å². The number of rotatable bonds is 2. The number of sulfonamides is 1. The van der Waals surface area contributed by atoms with Crippen LogP contribution in [0, 0.1) is 11.3 Å². The smallest absolute Gasteiger partial charge is 0.225 e. The largest absolute Gasteiger partial charge is 0.417 e. The van der Waals surface area contributed by atoms with E-state index in [1.165, 1.54) is 0 Å². The van der Waals surface area contributed by atoms with Crippen LogP contribution in [0.25, 0.3) is 0 Å². The van der Waals surface area contributed by atoms with E-state index in [0.717, 1.165) is 12.1 Å². The molecule has 0 spiro atoms. The molecule has 0 aromatic heterocycles. The molecule has 0 aliphatic heterocycles. The van der Waals surface area contributed by atoms with Crippen LogP contribution in [0.2, 0.25) is 0 Å². The summed E-state index contributed by atoms with van der Waals surface area (Å²) in [7, 11) is -4.45. The van der Waals surface area contributed by atoms with Crippen LogP contribution in [0.15, 0.2) is 23.1 Å². The van der Waals surface area contributed by atoms with E-state index in [1.807, 2.05) is 0 Å². The lowest BCUT2D eigenvalue weighted by atomic mass is 10.1. The summed E-state index contributed by atoms with van der Waals surface area (Å²) in [6.45, 7) is 0. The molecule has 1 rings (SSSR count). The van der Waals surface area contributed by atoms with E-state index in [4.69, 9.17) is 5.26 Å². The molecule has 92 valence electrons. The Bertz CT molecular complexity index is 573. The number of nitrogens with zero attached hydrogens (tertiary/aromatic N) is 1. The van der Waals surface area contributed by atoms with Crippen molar-refractivity contribution >= 4 is 10.0 Å². The molecular formula is C9H7F3N2O2S. The topological polar surface area (TPSA) is 83.9 Å². The predicted molar refractivity (Wildman–Crippen MR) is 52.1 cm³/mol. The zero-order valence-electron chi connectivity index (χ0n) is 8.32. The monoisotopic (exact) mass is 264 g/mol. The number of hydrogen-bond acceptors (Lipinski definition) is 3. The van der Waals surface area contributed by atoms with Gasteiger partial charge in [-0.05, 0) is 17.7 Å². The van der Waals surface area contributed by atoms with Gasteiger partial charge in [0, 0.05) is 0 Å². The summed E-state index contributed by atoms with van der Waals surface area (Å²) < 4.78 is 59.8. The Morgan fingerprint density at radius 1 is 1.35 bits per heavy atom. The van der Waals surface area contributed by atoms with Gasteiger partial charge in [-0.1, -0.05) is 6.07 Å². The first-order chi connectivity index (χ1) is 7.66. The van der Waals surface area contributed by atoms with Crippen molar-refractivity contribution in [3.63, 3.8) is 0 Å². The first-order valence-electron chi connectivity index (χ1n) is 4.26. The highest BCUT2D eigenvalue weighted by atomic mass is 32.2. The molecule has 0 aliphatic rings. The molecule has 0 saturated carbocycles. The zero-order chi connectivity index (χ0) is 13.3. The van der Waals surface area contributed by atoms with E-state index in [9.17, 15) is 21.6 Å². The third-order valence-corrected chi connectivity index (χ3v) is 2.91. The fourth-order valence-electron chi connectivity index (χ4n) is 1.25. The van der Waals surface area contributed by atoms with Gasteiger partial charge in [-0.2, -0.15) is 18.4 Å². The van der Waals surface area contributed by atoms with Crippen molar-refractivity contribution in [3.05, 3.63) is 29.3 Å². The van der Waals surface area contributed by atoms with Gasteiger partial charge in [0.25, 0.3) is 0 Å².